The number of carbonyl (C=O) groups excluding carboxylic acids is 3. The summed E-state index contributed by atoms with van der Waals surface area (Å²) in [6.45, 7) is 2.14. The van der Waals surface area contributed by atoms with Crippen molar-refractivity contribution in [1.82, 2.24) is 14.9 Å². The van der Waals surface area contributed by atoms with Crippen LogP contribution in [-0.4, -0.2) is 45.7 Å². The van der Waals surface area contributed by atoms with Crippen LogP contribution in [-0.2, 0) is 20.9 Å². The lowest BCUT2D eigenvalue weighted by atomic mass is 9.99. The number of pyridine rings is 1. The number of nitrogens with one attached hydrogen (secondary N) is 2. The van der Waals surface area contributed by atoms with E-state index in [0.29, 0.717) is 42.0 Å². The number of fused-ring (bicyclic) bond motifs is 1. The van der Waals surface area contributed by atoms with Gasteiger partial charge in [-0.1, -0.05) is 18.2 Å². The Bertz CT molecular complexity index is 1320. The van der Waals surface area contributed by atoms with Crippen molar-refractivity contribution in [2.24, 2.45) is 0 Å². The minimum atomic E-state index is -0.633. The van der Waals surface area contributed by atoms with Crippen LogP contribution in [0.2, 0.25) is 0 Å². The van der Waals surface area contributed by atoms with Gasteiger partial charge in [0.1, 0.15) is 12.3 Å². The average molecular weight is 443 g/mol. The Morgan fingerprint density at radius 1 is 1.30 bits per heavy atom. The van der Waals surface area contributed by atoms with Crippen LogP contribution in [0.3, 0.4) is 0 Å². The van der Waals surface area contributed by atoms with Crippen molar-refractivity contribution in [3.8, 4) is 6.07 Å². The standard InChI is InChI=1S/C24H21N5O4/c1-15(30)23(31)29-7-5-18(6-8-29)21-13-27-22-20(21)10-19(12-26-22)28-24(32)33-14-17-4-2-3-16(9-17)11-25/h2-5,9-10,12-13H,6-8,14H2,1H3,(H,26,27)(H,28,32). The van der Waals surface area contributed by atoms with Crippen molar-refractivity contribution in [3.05, 3.63) is 65.5 Å². The monoisotopic (exact) mass is 443 g/mol. The minimum absolute atomic E-state index is 0.0365. The first kappa shape index (κ1) is 21.8. The largest absolute Gasteiger partial charge is 0.444 e. The van der Waals surface area contributed by atoms with E-state index in [1.165, 1.54) is 18.0 Å². The number of aromatic nitrogens is 2. The van der Waals surface area contributed by atoms with Crippen LogP contribution in [0, 0.1) is 11.3 Å². The number of nitriles is 1. The summed E-state index contributed by atoms with van der Waals surface area (Å²) in [5, 5.41) is 12.5. The summed E-state index contributed by atoms with van der Waals surface area (Å²) in [4.78, 5) is 44.5. The maximum absolute atomic E-state index is 12.2. The Hall–Kier alpha value is -4.45. The number of H-pyrrole nitrogens is 1. The van der Waals surface area contributed by atoms with E-state index in [1.54, 1.807) is 30.3 Å². The quantitative estimate of drug-likeness (QED) is 0.582. The van der Waals surface area contributed by atoms with E-state index in [9.17, 15) is 14.4 Å². The van der Waals surface area contributed by atoms with Crippen molar-refractivity contribution in [1.29, 1.82) is 5.26 Å². The van der Waals surface area contributed by atoms with Gasteiger partial charge in [-0.05, 0) is 35.8 Å². The summed E-state index contributed by atoms with van der Waals surface area (Å²) < 4.78 is 5.25. The molecule has 2 amide bonds. The zero-order valence-corrected chi connectivity index (χ0v) is 17.9. The summed E-state index contributed by atoms with van der Waals surface area (Å²) >= 11 is 0. The lowest BCUT2D eigenvalue weighted by Gasteiger charge is -2.25. The number of ether oxygens (including phenoxy) is 1. The molecular weight excluding hydrogens is 422 g/mol. The molecule has 3 aromatic rings. The number of nitrogens with zero attached hydrogens (tertiary/aromatic N) is 3. The second kappa shape index (κ2) is 9.36. The van der Waals surface area contributed by atoms with Crippen molar-refractivity contribution in [2.45, 2.75) is 20.0 Å². The Morgan fingerprint density at radius 2 is 2.15 bits per heavy atom. The number of anilines is 1. The number of amides is 2. The highest BCUT2D eigenvalue weighted by Gasteiger charge is 2.22. The van der Waals surface area contributed by atoms with E-state index >= 15 is 0 Å². The Kier molecular flexibility index (Phi) is 6.17. The van der Waals surface area contributed by atoms with Crippen molar-refractivity contribution < 1.29 is 19.1 Å². The molecule has 0 bridgehead atoms. The third kappa shape index (κ3) is 4.91. The van der Waals surface area contributed by atoms with Crippen LogP contribution < -0.4 is 5.32 Å². The van der Waals surface area contributed by atoms with Gasteiger partial charge < -0.3 is 14.6 Å². The van der Waals surface area contributed by atoms with Gasteiger partial charge in [0.2, 0.25) is 5.78 Å². The molecule has 0 spiro atoms. The molecule has 4 rings (SSSR count). The van der Waals surface area contributed by atoms with E-state index in [0.717, 1.165) is 16.5 Å². The smallest absolute Gasteiger partial charge is 0.412 e. The van der Waals surface area contributed by atoms with E-state index in [2.05, 4.69) is 15.3 Å². The second-order valence-corrected chi connectivity index (χ2v) is 7.62. The van der Waals surface area contributed by atoms with Crippen LogP contribution in [0.5, 0.6) is 0 Å². The lowest BCUT2D eigenvalue weighted by molar-refractivity contribution is -0.143. The first-order valence-electron chi connectivity index (χ1n) is 10.3. The molecule has 166 valence electrons. The Labute approximate surface area is 189 Å². The number of benzene rings is 1. The van der Waals surface area contributed by atoms with Crippen LogP contribution >= 0.6 is 0 Å². The average Bonchev–Trinajstić information content (AvgIpc) is 3.25. The van der Waals surface area contributed by atoms with E-state index in [-0.39, 0.29) is 6.61 Å². The lowest BCUT2D eigenvalue weighted by Crippen LogP contribution is -2.38. The van der Waals surface area contributed by atoms with Gasteiger partial charge in [-0.15, -0.1) is 0 Å². The molecular formula is C24H21N5O4. The third-order valence-corrected chi connectivity index (χ3v) is 5.35. The predicted molar refractivity (Wildman–Crippen MR) is 121 cm³/mol. The van der Waals surface area contributed by atoms with Gasteiger partial charge in [0.25, 0.3) is 5.91 Å². The summed E-state index contributed by atoms with van der Waals surface area (Å²) in [7, 11) is 0. The molecule has 0 atom stereocenters. The molecule has 1 aliphatic heterocycles. The highest BCUT2D eigenvalue weighted by atomic mass is 16.5. The van der Waals surface area contributed by atoms with Gasteiger partial charge in [0, 0.05) is 37.2 Å². The van der Waals surface area contributed by atoms with E-state index < -0.39 is 17.8 Å². The summed E-state index contributed by atoms with van der Waals surface area (Å²) in [5.74, 6) is -0.946. The molecule has 0 aliphatic carbocycles. The van der Waals surface area contributed by atoms with Gasteiger partial charge in [-0.3, -0.25) is 14.9 Å². The maximum atomic E-state index is 12.2. The summed E-state index contributed by atoms with van der Waals surface area (Å²) in [6, 6.07) is 10.7. The first-order valence-corrected chi connectivity index (χ1v) is 10.3. The molecule has 1 aromatic carbocycles. The minimum Gasteiger partial charge on any atom is -0.444 e. The molecule has 0 saturated carbocycles. The molecule has 2 aromatic heterocycles. The number of aromatic amines is 1. The second-order valence-electron chi connectivity index (χ2n) is 7.62. The summed E-state index contributed by atoms with van der Waals surface area (Å²) in [6.07, 6.45) is 5.27. The number of hydrogen-bond donors (Lipinski definition) is 2. The zero-order chi connectivity index (χ0) is 23.4. The highest BCUT2D eigenvalue weighted by molar-refractivity contribution is 6.35. The molecule has 0 saturated heterocycles. The van der Waals surface area contributed by atoms with Crippen LogP contribution in [0.4, 0.5) is 10.5 Å². The Morgan fingerprint density at radius 3 is 2.88 bits per heavy atom. The molecule has 3 heterocycles. The van der Waals surface area contributed by atoms with E-state index in [4.69, 9.17) is 10.00 Å². The van der Waals surface area contributed by atoms with Crippen molar-refractivity contribution in [3.63, 3.8) is 0 Å². The zero-order valence-electron chi connectivity index (χ0n) is 17.9. The third-order valence-electron chi connectivity index (χ3n) is 5.35. The van der Waals surface area contributed by atoms with Gasteiger partial charge in [0.15, 0.2) is 0 Å². The number of hydrogen-bond acceptors (Lipinski definition) is 6. The van der Waals surface area contributed by atoms with Crippen molar-refractivity contribution in [2.75, 3.05) is 18.4 Å². The van der Waals surface area contributed by atoms with Crippen LogP contribution in [0.15, 0.2) is 48.8 Å². The number of ketones is 1. The summed E-state index contributed by atoms with van der Waals surface area (Å²) in [5.41, 5.74) is 4.32. The van der Waals surface area contributed by atoms with Gasteiger partial charge >= 0.3 is 6.09 Å². The Balaban J connectivity index is 1.44. The van der Waals surface area contributed by atoms with Gasteiger partial charge in [-0.2, -0.15) is 5.26 Å². The van der Waals surface area contributed by atoms with Crippen LogP contribution in [0.1, 0.15) is 30.0 Å². The maximum Gasteiger partial charge on any atom is 0.412 e. The molecule has 9 heteroatoms. The van der Waals surface area contributed by atoms with Gasteiger partial charge in [-0.25, -0.2) is 9.78 Å². The number of carbonyl (C=O) groups is 3. The predicted octanol–water partition coefficient (Wildman–Crippen LogP) is 3.39. The molecule has 0 unspecified atom stereocenters. The first-order chi connectivity index (χ1) is 15.9. The molecule has 2 N–H and O–H groups in total. The normalized spacial score (nSPS) is 13.2. The molecule has 9 nitrogen and oxygen atoms in total. The molecule has 1 aliphatic rings. The van der Waals surface area contributed by atoms with E-state index in [1.807, 2.05) is 18.3 Å². The fourth-order valence-corrected chi connectivity index (χ4v) is 3.69. The number of rotatable bonds is 5. The van der Waals surface area contributed by atoms with Crippen LogP contribution in [0.25, 0.3) is 16.6 Å². The van der Waals surface area contributed by atoms with Crippen molar-refractivity contribution >= 4 is 40.1 Å². The van der Waals surface area contributed by atoms with Gasteiger partial charge in [0.05, 0.1) is 23.5 Å². The fourth-order valence-electron chi connectivity index (χ4n) is 3.69. The highest BCUT2D eigenvalue weighted by Crippen LogP contribution is 2.30. The number of Topliss-reactive ketones (excluding diaryl/α,β-unsaturated/α-hetero) is 1. The SMILES string of the molecule is CC(=O)C(=O)N1CC=C(c2c[nH]c3ncc(NC(=O)OCc4cccc(C#N)c4)cc23)CC1. The molecule has 0 radical (unpaired) electrons. The fraction of sp³-hybridized carbons (Fsp3) is 0.208. The molecule has 0 fully saturated rings. The molecule has 33 heavy (non-hydrogen) atoms. The topological polar surface area (TPSA) is 128 Å².